The minimum Gasteiger partial charge on any atom is -0.0654 e. The van der Waals surface area contributed by atoms with Gasteiger partial charge in [0, 0.05) is 5.92 Å². The lowest BCUT2D eigenvalue weighted by Gasteiger charge is -2.19. The van der Waals surface area contributed by atoms with Crippen LogP contribution in [-0.4, -0.2) is 9.52 Å². The van der Waals surface area contributed by atoms with Gasteiger partial charge in [-0.15, -0.1) is 0 Å². The number of hydrogen-bond donors (Lipinski definition) is 0. The Kier molecular flexibility index (Phi) is 6.02. The molecule has 3 aromatic rings. The summed E-state index contributed by atoms with van der Waals surface area (Å²) in [5, 5.41) is 3.03. The van der Waals surface area contributed by atoms with E-state index >= 15 is 0 Å². The molecule has 1 atom stereocenters. The lowest BCUT2D eigenvalue weighted by molar-refractivity contribution is 0.625. The van der Waals surface area contributed by atoms with Crippen LogP contribution in [-0.2, 0) is 0 Å². The third-order valence-electron chi connectivity index (χ3n) is 7.42. The first-order valence-electron chi connectivity index (χ1n) is 11.5. The fourth-order valence-electron chi connectivity index (χ4n) is 5.13. The van der Waals surface area contributed by atoms with E-state index in [1.807, 2.05) is 0 Å². The second kappa shape index (κ2) is 8.55. The van der Waals surface area contributed by atoms with Crippen molar-refractivity contribution in [3.8, 4) is 11.1 Å². The van der Waals surface area contributed by atoms with Crippen molar-refractivity contribution in [3.63, 3.8) is 0 Å². The van der Waals surface area contributed by atoms with Crippen molar-refractivity contribution in [2.75, 3.05) is 0 Å². The van der Waals surface area contributed by atoms with Crippen LogP contribution in [0.25, 0.3) is 11.1 Å². The summed E-state index contributed by atoms with van der Waals surface area (Å²) in [7, 11) is 0.726. The van der Waals surface area contributed by atoms with E-state index in [9.17, 15) is 0 Å². The molecule has 0 heterocycles. The third-order valence-corrected chi connectivity index (χ3v) is 9.02. The Morgan fingerprint density at radius 1 is 0.700 bits per heavy atom. The Bertz CT molecular complexity index is 1060. The third kappa shape index (κ3) is 3.58. The van der Waals surface area contributed by atoms with Gasteiger partial charge in [-0.1, -0.05) is 79.0 Å². The van der Waals surface area contributed by atoms with E-state index in [1.165, 1.54) is 69.8 Å². The standard InChI is InChI=1S/C29H34Si/c1-7-8-9-12-26-24-13-10-11-14-25(24)27-16-15-23(17-28(26)27)30-29-21(5)19(3)18(2)20(4)22(29)6/h10-11,13-17,26H,7-9,12H2,1-6H3. The molecule has 0 aliphatic heterocycles. The van der Waals surface area contributed by atoms with E-state index < -0.39 is 0 Å². The van der Waals surface area contributed by atoms with Gasteiger partial charge in [-0.2, -0.15) is 0 Å². The Balaban J connectivity index is 1.73. The van der Waals surface area contributed by atoms with Crippen LogP contribution in [0.3, 0.4) is 0 Å². The summed E-state index contributed by atoms with van der Waals surface area (Å²) in [6, 6.07) is 16.4. The van der Waals surface area contributed by atoms with Gasteiger partial charge >= 0.3 is 0 Å². The van der Waals surface area contributed by atoms with Crippen LogP contribution in [0.5, 0.6) is 0 Å². The van der Waals surface area contributed by atoms with Crippen LogP contribution in [0.4, 0.5) is 0 Å². The molecule has 0 nitrogen and oxygen atoms in total. The van der Waals surface area contributed by atoms with E-state index in [1.54, 1.807) is 16.3 Å². The highest BCUT2D eigenvalue weighted by molar-refractivity contribution is 6.68. The molecular weight excluding hydrogens is 376 g/mol. The number of rotatable bonds is 6. The maximum absolute atomic E-state index is 2.54. The molecule has 3 aromatic carbocycles. The predicted molar refractivity (Wildman–Crippen MR) is 133 cm³/mol. The Morgan fingerprint density at radius 2 is 1.33 bits per heavy atom. The number of hydrogen-bond acceptors (Lipinski definition) is 0. The summed E-state index contributed by atoms with van der Waals surface area (Å²) in [6.07, 6.45) is 5.20. The molecule has 30 heavy (non-hydrogen) atoms. The summed E-state index contributed by atoms with van der Waals surface area (Å²) in [6.45, 7) is 13.8. The molecule has 0 aromatic heterocycles. The Hall–Kier alpha value is -2.12. The van der Waals surface area contributed by atoms with Crippen LogP contribution < -0.4 is 10.4 Å². The van der Waals surface area contributed by atoms with E-state index in [0.717, 1.165) is 9.52 Å². The molecule has 1 unspecified atom stereocenters. The molecule has 1 heteroatoms. The fourth-order valence-corrected chi connectivity index (χ4v) is 6.56. The lowest BCUT2D eigenvalue weighted by atomic mass is 9.91. The average molecular weight is 411 g/mol. The van der Waals surface area contributed by atoms with Gasteiger partial charge in [-0.3, -0.25) is 0 Å². The minimum atomic E-state index is 0.566. The molecule has 4 rings (SSSR count). The second-order valence-electron chi connectivity index (χ2n) is 9.06. The first-order chi connectivity index (χ1) is 14.4. The number of unbranched alkanes of at least 4 members (excludes halogenated alkanes) is 2. The maximum atomic E-state index is 2.54. The van der Waals surface area contributed by atoms with Crippen molar-refractivity contribution in [1.82, 2.24) is 0 Å². The molecular formula is C29H34Si. The molecule has 0 spiro atoms. The topological polar surface area (TPSA) is 0 Å². The smallest absolute Gasteiger partial charge is 0.0654 e. The zero-order chi connectivity index (χ0) is 21.4. The molecule has 0 bridgehead atoms. The quantitative estimate of drug-likeness (QED) is 0.318. The van der Waals surface area contributed by atoms with Crippen molar-refractivity contribution in [3.05, 3.63) is 81.4 Å². The highest BCUT2D eigenvalue weighted by atomic mass is 28.2. The van der Waals surface area contributed by atoms with E-state index in [4.69, 9.17) is 0 Å². The van der Waals surface area contributed by atoms with Crippen LogP contribution >= 0.6 is 0 Å². The van der Waals surface area contributed by atoms with Gasteiger partial charge < -0.3 is 0 Å². The molecule has 0 saturated carbocycles. The van der Waals surface area contributed by atoms with Gasteiger partial charge in [0.1, 0.15) is 9.52 Å². The van der Waals surface area contributed by atoms with Gasteiger partial charge in [0.2, 0.25) is 0 Å². The van der Waals surface area contributed by atoms with Crippen LogP contribution in [0.2, 0.25) is 0 Å². The molecule has 0 fully saturated rings. The SMILES string of the molecule is CCCCCC1c2ccccc2-c2ccc([Si]c3c(C)c(C)c(C)c(C)c3C)cc21. The molecule has 154 valence electrons. The molecule has 1 aliphatic rings. The normalized spacial score (nSPS) is 14.7. The van der Waals surface area contributed by atoms with Gasteiger partial charge in [0.15, 0.2) is 0 Å². The van der Waals surface area contributed by atoms with Crippen molar-refractivity contribution < 1.29 is 0 Å². The molecule has 2 radical (unpaired) electrons. The minimum absolute atomic E-state index is 0.566. The van der Waals surface area contributed by atoms with Gasteiger partial charge in [0.05, 0.1) is 0 Å². The van der Waals surface area contributed by atoms with Gasteiger partial charge in [-0.25, -0.2) is 0 Å². The van der Waals surface area contributed by atoms with Crippen LogP contribution in [0.15, 0.2) is 42.5 Å². The van der Waals surface area contributed by atoms with Crippen LogP contribution in [0, 0.1) is 34.6 Å². The summed E-state index contributed by atoms with van der Waals surface area (Å²) in [5.41, 5.74) is 13.4. The lowest BCUT2D eigenvalue weighted by Crippen LogP contribution is -2.33. The highest BCUT2D eigenvalue weighted by Gasteiger charge is 2.28. The highest BCUT2D eigenvalue weighted by Crippen LogP contribution is 2.46. The van der Waals surface area contributed by atoms with Crippen molar-refractivity contribution in [2.45, 2.75) is 73.1 Å². The first-order valence-corrected chi connectivity index (χ1v) is 12.5. The molecule has 0 N–H and O–H groups in total. The summed E-state index contributed by atoms with van der Waals surface area (Å²) >= 11 is 0. The summed E-state index contributed by atoms with van der Waals surface area (Å²) in [4.78, 5) is 0. The van der Waals surface area contributed by atoms with Crippen molar-refractivity contribution in [1.29, 1.82) is 0 Å². The number of benzene rings is 3. The average Bonchev–Trinajstić information content (AvgIpc) is 3.07. The second-order valence-corrected chi connectivity index (χ2v) is 10.4. The summed E-state index contributed by atoms with van der Waals surface area (Å²) < 4.78 is 0. The largest absolute Gasteiger partial charge is 0.122 e. The van der Waals surface area contributed by atoms with Gasteiger partial charge in [0.25, 0.3) is 0 Å². The zero-order valence-corrected chi connectivity index (χ0v) is 20.4. The first kappa shape index (κ1) is 21.1. The van der Waals surface area contributed by atoms with E-state index in [2.05, 4.69) is 84.0 Å². The Labute approximate surface area is 185 Å². The van der Waals surface area contributed by atoms with Crippen LogP contribution in [0.1, 0.15) is 77.5 Å². The zero-order valence-electron chi connectivity index (χ0n) is 19.4. The van der Waals surface area contributed by atoms with Gasteiger partial charge in [-0.05, 0) is 91.1 Å². The molecule has 0 amide bonds. The Morgan fingerprint density at radius 3 is 2.03 bits per heavy atom. The van der Waals surface area contributed by atoms with Crippen molar-refractivity contribution in [2.24, 2.45) is 0 Å². The fraction of sp³-hybridized carbons (Fsp3) is 0.379. The van der Waals surface area contributed by atoms with Crippen molar-refractivity contribution >= 4 is 19.9 Å². The molecule has 1 aliphatic carbocycles. The maximum Gasteiger partial charge on any atom is 0.122 e. The van der Waals surface area contributed by atoms with E-state index in [0.29, 0.717) is 5.92 Å². The van der Waals surface area contributed by atoms with E-state index in [-0.39, 0.29) is 0 Å². The number of fused-ring (bicyclic) bond motifs is 3. The predicted octanol–water partition coefficient (Wildman–Crippen LogP) is 6.58. The molecule has 0 saturated heterocycles. The summed E-state index contributed by atoms with van der Waals surface area (Å²) in [5.74, 6) is 0.566. The monoisotopic (exact) mass is 410 g/mol.